The summed E-state index contributed by atoms with van der Waals surface area (Å²) in [6.45, 7) is 7.28. The molecule has 9 heteroatoms. The lowest BCUT2D eigenvalue weighted by Gasteiger charge is -2.33. The van der Waals surface area contributed by atoms with Gasteiger partial charge in [0.1, 0.15) is 23.7 Å². The highest BCUT2D eigenvalue weighted by molar-refractivity contribution is 5.96. The summed E-state index contributed by atoms with van der Waals surface area (Å²) in [6, 6.07) is 0. The highest BCUT2D eigenvalue weighted by Crippen LogP contribution is 2.33. The minimum atomic E-state index is -4.79. The van der Waals surface area contributed by atoms with Gasteiger partial charge in [0.15, 0.2) is 0 Å². The van der Waals surface area contributed by atoms with E-state index < -0.39 is 36.1 Å². The van der Waals surface area contributed by atoms with Crippen LogP contribution in [-0.2, 0) is 14.3 Å². The molecule has 0 radical (unpaired) electrons. The predicted octanol–water partition coefficient (Wildman–Crippen LogP) is 1.24. The van der Waals surface area contributed by atoms with Gasteiger partial charge >= 0.3 is 6.18 Å². The van der Waals surface area contributed by atoms with Crippen molar-refractivity contribution in [2.24, 2.45) is 0 Å². The summed E-state index contributed by atoms with van der Waals surface area (Å²) >= 11 is 0. The second-order valence-corrected chi connectivity index (χ2v) is 5.66. The summed E-state index contributed by atoms with van der Waals surface area (Å²) in [7, 11) is 0. The number of nitrogens with zero attached hydrogens (tertiary/aromatic N) is 1. The summed E-state index contributed by atoms with van der Waals surface area (Å²) in [5.41, 5.74) is -1.34. The van der Waals surface area contributed by atoms with E-state index in [9.17, 15) is 23.1 Å². The number of hydrogen-bond donors (Lipinski definition) is 2. The van der Waals surface area contributed by atoms with Crippen LogP contribution >= 0.6 is 0 Å². The summed E-state index contributed by atoms with van der Waals surface area (Å²) in [5, 5.41) is 12.0. The van der Waals surface area contributed by atoms with E-state index in [-0.39, 0.29) is 25.0 Å². The van der Waals surface area contributed by atoms with E-state index in [2.05, 4.69) is 11.9 Å². The van der Waals surface area contributed by atoms with Crippen molar-refractivity contribution in [3.63, 3.8) is 0 Å². The Balaban J connectivity index is 2.13. The standard InChI is InChI=1S/C14H19F3N2O4/c1-7(2)22-6-11-10(20)4-12(23-11)19-5-9(14(15,16)17)13(21)18-8(19)3/h5,7,10-12,20H,3-4,6H2,1-2H3,(H,18,21)/t10-,11+,12?/m0/s1. The molecule has 3 atom stereocenters. The molecule has 2 aliphatic heterocycles. The second kappa shape index (κ2) is 6.50. The summed E-state index contributed by atoms with van der Waals surface area (Å²) < 4.78 is 49.5. The maximum Gasteiger partial charge on any atom is 0.423 e. The molecule has 2 rings (SSSR count). The Labute approximate surface area is 131 Å². The summed E-state index contributed by atoms with van der Waals surface area (Å²) in [6.07, 6.45) is -6.53. The number of aliphatic hydroxyl groups excluding tert-OH is 1. The van der Waals surface area contributed by atoms with Gasteiger partial charge in [0, 0.05) is 12.6 Å². The second-order valence-electron chi connectivity index (χ2n) is 5.66. The molecular weight excluding hydrogens is 317 g/mol. The lowest BCUT2D eigenvalue weighted by Crippen LogP contribution is -2.45. The molecular formula is C14H19F3N2O4. The van der Waals surface area contributed by atoms with Gasteiger partial charge in [-0.2, -0.15) is 13.2 Å². The van der Waals surface area contributed by atoms with E-state index >= 15 is 0 Å². The molecule has 0 aliphatic carbocycles. The number of alkyl halides is 3. The number of rotatable bonds is 4. The third kappa shape index (κ3) is 4.04. The minimum Gasteiger partial charge on any atom is -0.390 e. The van der Waals surface area contributed by atoms with Crippen molar-refractivity contribution in [1.82, 2.24) is 10.2 Å². The average Bonchev–Trinajstić information content (AvgIpc) is 2.76. The van der Waals surface area contributed by atoms with Crippen molar-refractivity contribution in [2.75, 3.05) is 6.61 Å². The Morgan fingerprint density at radius 2 is 2.22 bits per heavy atom. The zero-order valence-electron chi connectivity index (χ0n) is 12.8. The van der Waals surface area contributed by atoms with Crippen molar-refractivity contribution in [2.45, 2.75) is 51.0 Å². The fraction of sp³-hybridized carbons (Fsp3) is 0.643. The summed E-state index contributed by atoms with van der Waals surface area (Å²) in [4.78, 5) is 12.5. The zero-order valence-corrected chi connectivity index (χ0v) is 12.8. The van der Waals surface area contributed by atoms with Crippen LogP contribution in [0.1, 0.15) is 20.3 Å². The Morgan fingerprint density at radius 1 is 1.57 bits per heavy atom. The Morgan fingerprint density at radius 3 is 2.78 bits per heavy atom. The van der Waals surface area contributed by atoms with Gasteiger partial charge in [0.2, 0.25) is 0 Å². The van der Waals surface area contributed by atoms with Crippen LogP contribution in [0.2, 0.25) is 0 Å². The van der Waals surface area contributed by atoms with Crippen LogP contribution in [0, 0.1) is 0 Å². The molecule has 130 valence electrons. The Bertz CT molecular complexity index is 519. The third-order valence-electron chi connectivity index (χ3n) is 3.50. The van der Waals surface area contributed by atoms with Crippen molar-refractivity contribution < 1.29 is 32.5 Å². The van der Waals surface area contributed by atoms with Crippen molar-refractivity contribution >= 4 is 5.91 Å². The summed E-state index contributed by atoms with van der Waals surface area (Å²) in [5.74, 6) is -1.30. The van der Waals surface area contributed by atoms with Crippen LogP contribution in [0.5, 0.6) is 0 Å². The Kier molecular flexibility index (Phi) is 5.02. The molecule has 0 saturated carbocycles. The van der Waals surface area contributed by atoms with Crippen LogP contribution in [0.4, 0.5) is 13.2 Å². The molecule has 0 aromatic heterocycles. The maximum atomic E-state index is 12.8. The number of hydrogen-bond acceptors (Lipinski definition) is 5. The number of nitrogens with one attached hydrogen (secondary N) is 1. The first kappa shape index (κ1) is 17.8. The molecule has 0 spiro atoms. The molecule has 1 saturated heterocycles. The largest absolute Gasteiger partial charge is 0.423 e. The van der Waals surface area contributed by atoms with Gasteiger partial charge in [-0.25, -0.2) is 0 Å². The fourth-order valence-electron chi connectivity index (χ4n) is 2.32. The predicted molar refractivity (Wildman–Crippen MR) is 73.6 cm³/mol. The van der Waals surface area contributed by atoms with Gasteiger partial charge in [0.05, 0.1) is 18.8 Å². The number of ether oxygens (including phenoxy) is 2. The minimum absolute atomic E-state index is 0.0365. The molecule has 1 fully saturated rings. The van der Waals surface area contributed by atoms with Crippen molar-refractivity contribution in [3.05, 3.63) is 24.2 Å². The van der Waals surface area contributed by atoms with E-state index in [0.717, 1.165) is 4.90 Å². The van der Waals surface area contributed by atoms with Gasteiger partial charge in [-0.15, -0.1) is 0 Å². The smallest absolute Gasteiger partial charge is 0.390 e. The van der Waals surface area contributed by atoms with Gasteiger partial charge in [-0.3, -0.25) is 4.79 Å². The van der Waals surface area contributed by atoms with Crippen LogP contribution in [0.15, 0.2) is 24.2 Å². The monoisotopic (exact) mass is 336 g/mol. The van der Waals surface area contributed by atoms with E-state index in [1.807, 2.05) is 13.8 Å². The van der Waals surface area contributed by atoms with E-state index in [0.29, 0.717) is 6.20 Å². The van der Waals surface area contributed by atoms with Crippen molar-refractivity contribution in [3.8, 4) is 0 Å². The number of carbonyl (C=O) groups excluding carboxylic acids is 1. The molecule has 23 heavy (non-hydrogen) atoms. The first-order valence-corrected chi connectivity index (χ1v) is 7.12. The van der Waals surface area contributed by atoms with Crippen LogP contribution < -0.4 is 5.32 Å². The molecule has 0 aromatic carbocycles. The third-order valence-corrected chi connectivity index (χ3v) is 3.50. The lowest BCUT2D eigenvalue weighted by atomic mass is 10.1. The maximum absolute atomic E-state index is 12.8. The van der Waals surface area contributed by atoms with Crippen LogP contribution in [-0.4, -0.2) is 53.2 Å². The van der Waals surface area contributed by atoms with Crippen LogP contribution in [0.25, 0.3) is 0 Å². The number of halogens is 3. The molecule has 1 amide bonds. The molecule has 0 bridgehead atoms. The van der Waals surface area contributed by atoms with Gasteiger partial charge < -0.3 is 24.8 Å². The molecule has 1 unspecified atom stereocenters. The fourth-order valence-corrected chi connectivity index (χ4v) is 2.32. The first-order chi connectivity index (χ1) is 10.6. The molecule has 6 nitrogen and oxygen atoms in total. The lowest BCUT2D eigenvalue weighted by molar-refractivity contribution is -0.134. The van der Waals surface area contributed by atoms with E-state index in [1.165, 1.54) is 0 Å². The SMILES string of the molecule is C=C1NC(=O)C(C(F)(F)F)=CN1C1C[C@H](O)[C@@H](COC(C)C)O1. The average molecular weight is 336 g/mol. The van der Waals surface area contributed by atoms with Gasteiger partial charge in [-0.1, -0.05) is 6.58 Å². The zero-order chi connectivity index (χ0) is 17.4. The quantitative estimate of drug-likeness (QED) is 0.808. The number of aliphatic hydroxyl groups is 1. The number of carbonyl (C=O) groups is 1. The highest BCUT2D eigenvalue weighted by atomic mass is 19.4. The molecule has 2 aliphatic rings. The highest BCUT2D eigenvalue weighted by Gasteiger charge is 2.45. The molecule has 2 heterocycles. The Hall–Kier alpha value is -1.58. The number of amides is 1. The normalized spacial score (nSPS) is 29.1. The molecule has 2 N–H and O–H groups in total. The topological polar surface area (TPSA) is 71.0 Å². The van der Waals surface area contributed by atoms with Gasteiger partial charge in [0.25, 0.3) is 5.91 Å². The van der Waals surface area contributed by atoms with Crippen LogP contribution in [0.3, 0.4) is 0 Å². The molecule has 0 aromatic rings. The van der Waals surface area contributed by atoms with E-state index in [4.69, 9.17) is 9.47 Å². The van der Waals surface area contributed by atoms with Gasteiger partial charge in [-0.05, 0) is 13.8 Å². The first-order valence-electron chi connectivity index (χ1n) is 7.12. The van der Waals surface area contributed by atoms with E-state index in [1.54, 1.807) is 0 Å². The van der Waals surface area contributed by atoms with Crippen molar-refractivity contribution in [1.29, 1.82) is 0 Å².